The third kappa shape index (κ3) is 4.99. The van der Waals surface area contributed by atoms with Crippen LogP contribution in [0.2, 0.25) is 5.02 Å². The molecule has 0 bridgehead atoms. The highest BCUT2D eigenvalue weighted by atomic mass is 35.5. The molecular formula is C25H32ClN3O4. The van der Waals surface area contributed by atoms with Crippen LogP contribution in [0.3, 0.4) is 0 Å². The first-order chi connectivity index (χ1) is 15.5. The number of aliphatic hydroxyl groups is 1. The number of hydrogen-bond donors (Lipinski definition) is 2. The Morgan fingerprint density at radius 1 is 1.21 bits per heavy atom. The molecule has 0 unspecified atom stereocenters. The number of benzene rings is 1. The fourth-order valence-electron chi connectivity index (χ4n) is 4.43. The number of ether oxygens (including phenoxy) is 1. The van der Waals surface area contributed by atoms with E-state index in [4.69, 9.17) is 16.3 Å². The second-order valence-electron chi connectivity index (χ2n) is 9.52. The van der Waals surface area contributed by atoms with Crippen molar-refractivity contribution in [2.45, 2.75) is 45.8 Å². The number of piperidine rings is 1. The van der Waals surface area contributed by atoms with Gasteiger partial charge in [0.1, 0.15) is 11.6 Å². The number of nitrogens with zero attached hydrogens (tertiary/aromatic N) is 2. The Bertz CT molecular complexity index is 1010. The first-order valence-corrected chi connectivity index (χ1v) is 11.4. The van der Waals surface area contributed by atoms with Crippen molar-refractivity contribution in [3.05, 3.63) is 58.7 Å². The van der Waals surface area contributed by atoms with Crippen LogP contribution in [-0.2, 0) is 10.4 Å². The van der Waals surface area contributed by atoms with Gasteiger partial charge >= 0.3 is 0 Å². The number of carbonyl (C=O) groups is 2. The van der Waals surface area contributed by atoms with Crippen molar-refractivity contribution in [3.8, 4) is 5.88 Å². The third-order valence-corrected chi connectivity index (χ3v) is 6.76. The molecule has 33 heavy (non-hydrogen) atoms. The molecule has 1 aromatic heterocycles. The van der Waals surface area contributed by atoms with Crippen LogP contribution >= 0.6 is 11.6 Å². The number of nitrogens with one attached hydrogen (secondary N) is 1. The van der Waals surface area contributed by atoms with Crippen molar-refractivity contribution >= 4 is 23.4 Å². The predicted molar refractivity (Wildman–Crippen MR) is 127 cm³/mol. The minimum atomic E-state index is -1.10. The van der Waals surface area contributed by atoms with E-state index in [1.54, 1.807) is 35.4 Å². The van der Waals surface area contributed by atoms with E-state index in [9.17, 15) is 14.7 Å². The summed E-state index contributed by atoms with van der Waals surface area (Å²) in [6, 6.07) is 9.73. The first kappa shape index (κ1) is 25.0. The molecule has 0 spiro atoms. The topological polar surface area (TPSA) is 91.8 Å². The Kier molecular flexibility index (Phi) is 7.34. The van der Waals surface area contributed by atoms with Gasteiger partial charge in [-0.05, 0) is 42.2 Å². The number of aromatic nitrogens is 1. The van der Waals surface area contributed by atoms with E-state index in [1.807, 2.05) is 39.8 Å². The van der Waals surface area contributed by atoms with Crippen LogP contribution in [0.15, 0.2) is 42.6 Å². The third-order valence-electron chi connectivity index (χ3n) is 6.51. The number of rotatable bonds is 6. The summed E-state index contributed by atoms with van der Waals surface area (Å²) in [7, 11) is 1.45. The molecule has 2 heterocycles. The van der Waals surface area contributed by atoms with Gasteiger partial charge in [0.15, 0.2) is 0 Å². The van der Waals surface area contributed by atoms with Crippen LogP contribution in [-0.4, -0.2) is 53.0 Å². The summed E-state index contributed by atoms with van der Waals surface area (Å²) in [4.78, 5) is 32.2. The van der Waals surface area contributed by atoms with Crippen molar-refractivity contribution < 1.29 is 19.4 Å². The SMILES string of the molecule is COc1ncccc1C(=O)N[C@@H](C(=O)N1CC[C@](O)(c2ccc(Cl)cc2)C(C)(C)C1)C(C)C. The van der Waals surface area contributed by atoms with Gasteiger partial charge in [0.25, 0.3) is 5.91 Å². The lowest BCUT2D eigenvalue weighted by Crippen LogP contribution is -2.60. The maximum atomic E-state index is 13.5. The fourth-order valence-corrected chi connectivity index (χ4v) is 4.55. The quantitative estimate of drug-likeness (QED) is 0.668. The van der Waals surface area contributed by atoms with E-state index >= 15 is 0 Å². The molecule has 3 rings (SSSR count). The summed E-state index contributed by atoms with van der Waals surface area (Å²) < 4.78 is 5.18. The number of hydrogen-bond acceptors (Lipinski definition) is 5. The number of halogens is 1. The molecule has 1 fully saturated rings. The van der Waals surface area contributed by atoms with Crippen LogP contribution in [0.25, 0.3) is 0 Å². The zero-order valence-electron chi connectivity index (χ0n) is 19.8. The molecule has 2 aromatic rings. The molecule has 7 nitrogen and oxygen atoms in total. The van der Waals surface area contributed by atoms with Crippen LogP contribution in [0.5, 0.6) is 5.88 Å². The monoisotopic (exact) mass is 473 g/mol. The molecule has 0 radical (unpaired) electrons. The molecule has 2 amide bonds. The first-order valence-electron chi connectivity index (χ1n) is 11.1. The van der Waals surface area contributed by atoms with Gasteiger partial charge in [0.05, 0.1) is 12.7 Å². The summed E-state index contributed by atoms with van der Waals surface area (Å²) in [6.07, 6.45) is 1.92. The lowest BCUT2D eigenvalue weighted by atomic mass is 9.66. The lowest BCUT2D eigenvalue weighted by molar-refractivity contribution is -0.155. The second kappa shape index (κ2) is 9.69. The highest BCUT2D eigenvalue weighted by Crippen LogP contribution is 2.46. The summed E-state index contributed by atoms with van der Waals surface area (Å²) in [5, 5.41) is 15.1. The molecule has 0 saturated carbocycles. The Hall–Kier alpha value is -2.64. The van der Waals surface area contributed by atoms with Crippen LogP contribution < -0.4 is 10.1 Å². The molecule has 1 aliphatic rings. The predicted octanol–water partition coefficient (Wildman–Crippen LogP) is 3.64. The lowest BCUT2D eigenvalue weighted by Gasteiger charge is -2.51. The Morgan fingerprint density at radius 2 is 1.88 bits per heavy atom. The highest BCUT2D eigenvalue weighted by molar-refractivity contribution is 6.30. The summed E-state index contributed by atoms with van der Waals surface area (Å²) in [5.74, 6) is -0.519. The van der Waals surface area contributed by atoms with Gasteiger partial charge in [-0.25, -0.2) is 4.98 Å². The van der Waals surface area contributed by atoms with Crippen molar-refractivity contribution in [1.82, 2.24) is 15.2 Å². The van der Waals surface area contributed by atoms with Crippen LogP contribution in [0.4, 0.5) is 0 Å². The van der Waals surface area contributed by atoms with Gasteiger partial charge in [-0.2, -0.15) is 0 Å². The number of carbonyl (C=O) groups excluding carboxylic acids is 2. The van der Waals surface area contributed by atoms with Crippen molar-refractivity contribution in [3.63, 3.8) is 0 Å². The van der Waals surface area contributed by atoms with Crippen LogP contribution in [0.1, 0.15) is 50.0 Å². The molecule has 2 atom stereocenters. The van der Waals surface area contributed by atoms with E-state index in [2.05, 4.69) is 10.3 Å². The highest BCUT2D eigenvalue weighted by Gasteiger charge is 2.50. The van der Waals surface area contributed by atoms with E-state index in [-0.39, 0.29) is 23.3 Å². The normalized spacial score (nSPS) is 20.9. The Labute approximate surface area is 200 Å². The molecule has 1 aromatic carbocycles. The van der Waals surface area contributed by atoms with Gasteiger partial charge < -0.3 is 20.1 Å². The van der Waals surface area contributed by atoms with Gasteiger partial charge in [0.2, 0.25) is 11.8 Å². The number of likely N-dealkylation sites (tertiary alicyclic amines) is 1. The summed E-state index contributed by atoms with van der Waals surface area (Å²) in [5.41, 5.74) is -0.670. The minimum Gasteiger partial charge on any atom is -0.480 e. The standard InChI is InChI=1S/C25H32ClN3O4/c1-16(2)20(28-21(30)19-7-6-13-27-22(19)33-5)23(31)29-14-12-25(32,24(3,4)15-29)17-8-10-18(26)11-9-17/h6-11,13,16,20,32H,12,14-15H2,1-5H3,(H,28,30)/t20-,25+/m1/s1. The largest absolute Gasteiger partial charge is 0.480 e. The average molecular weight is 474 g/mol. The van der Waals surface area contributed by atoms with Crippen molar-refractivity contribution in [2.24, 2.45) is 11.3 Å². The molecule has 1 saturated heterocycles. The fraction of sp³-hybridized carbons (Fsp3) is 0.480. The zero-order valence-corrected chi connectivity index (χ0v) is 20.5. The van der Waals surface area contributed by atoms with Gasteiger partial charge in [0, 0.05) is 29.7 Å². The van der Waals surface area contributed by atoms with E-state index in [1.165, 1.54) is 7.11 Å². The number of methoxy groups -OCH3 is 1. The second-order valence-corrected chi connectivity index (χ2v) is 9.95. The number of pyridine rings is 1. The molecule has 178 valence electrons. The zero-order chi connectivity index (χ0) is 24.4. The minimum absolute atomic E-state index is 0.135. The summed E-state index contributed by atoms with van der Waals surface area (Å²) >= 11 is 6.02. The Balaban J connectivity index is 1.79. The van der Waals surface area contributed by atoms with Gasteiger partial charge in [-0.15, -0.1) is 0 Å². The Morgan fingerprint density at radius 3 is 2.45 bits per heavy atom. The molecule has 1 aliphatic heterocycles. The maximum absolute atomic E-state index is 13.5. The van der Waals surface area contributed by atoms with Gasteiger partial charge in [-0.3, -0.25) is 9.59 Å². The van der Waals surface area contributed by atoms with Crippen molar-refractivity contribution in [2.75, 3.05) is 20.2 Å². The van der Waals surface area contributed by atoms with E-state index < -0.39 is 23.0 Å². The maximum Gasteiger partial charge on any atom is 0.257 e. The summed E-state index contributed by atoms with van der Waals surface area (Å²) in [6.45, 7) is 8.40. The molecular weight excluding hydrogens is 442 g/mol. The van der Waals surface area contributed by atoms with E-state index in [0.29, 0.717) is 24.5 Å². The van der Waals surface area contributed by atoms with Crippen molar-refractivity contribution in [1.29, 1.82) is 0 Å². The molecule has 2 N–H and O–H groups in total. The van der Waals surface area contributed by atoms with E-state index in [0.717, 1.165) is 5.56 Å². The molecule has 0 aliphatic carbocycles. The smallest absolute Gasteiger partial charge is 0.257 e. The molecule has 8 heteroatoms. The van der Waals surface area contributed by atoms with Gasteiger partial charge in [-0.1, -0.05) is 51.4 Å². The average Bonchev–Trinajstić information content (AvgIpc) is 2.78. The van der Waals surface area contributed by atoms with Crippen LogP contribution in [0, 0.1) is 11.3 Å². The number of amides is 2.